The fourth-order valence-corrected chi connectivity index (χ4v) is 1.84. The molecule has 1 aliphatic heterocycles. The lowest BCUT2D eigenvalue weighted by Crippen LogP contribution is -2.29. The first-order valence-corrected chi connectivity index (χ1v) is 6.83. The van der Waals surface area contributed by atoms with Gasteiger partial charge in [-0.15, -0.1) is 0 Å². The maximum Gasteiger partial charge on any atom is 0.330 e. The van der Waals surface area contributed by atoms with Crippen molar-refractivity contribution in [3.05, 3.63) is 12.2 Å². The highest BCUT2D eigenvalue weighted by atomic mass is 16.6. The van der Waals surface area contributed by atoms with Gasteiger partial charge in [0.2, 0.25) is 0 Å². The van der Waals surface area contributed by atoms with Gasteiger partial charge in [0.15, 0.2) is 0 Å². The molecule has 0 fully saturated rings. The molecule has 0 unspecified atom stereocenters. The Hall–Kier alpha value is -1.40. The third-order valence-corrected chi connectivity index (χ3v) is 3.14. The van der Waals surface area contributed by atoms with Gasteiger partial charge in [0, 0.05) is 12.5 Å². The van der Waals surface area contributed by atoms with Gasteiger partial charge >= 0.3 is 11.9 Å². The summed E-state index contributed by atoms with van der Waals surface area (Å²) in [4.78, 5) is 23.0. The molecule has 0 aromatic heterocycles. The second-order valence-electron chi connectivity index (χ2n) is 5.05. The van der Waals surface area contributed by atoms with E-state index in [1.54, 1.807) is 13.8 Å². The Kier molecular flexibility index (Phi) is 6.67. The molecular formula is C14H22O6. The molecule has 1 aliphatic rings. The van der Waals surface area contributed by atoms with Gasteiger partial charge in [-0.25, -0.2) is 4.79 Å². The van der Waals surface area contributed by atoms with Crippen molar-refractivity contribution in [3.63, 3.8) is 0 Å². The summed E-state index contributed by atoms with van der Waals surface area (Å²) in [7, 11) is 0. The molecule has 0 spiro atoms. The zero-order chi connectivity index (χ0) is 15.1. The van der Waals surface area contributed by atoms with Crippen molar-refractivity contribution in [1.82, 2.24) is 0 Å². The van der Waals surface area contributed by atoms with E-state index in [-0.39, 0.29) is 18.9 Å². The highest BCUT2D eigenvalue weighted by molar-refractivity contribution is 5.82. The van der Waals surface area contributed by atoms with Gasteiger partial charge in [0.25, 0.3) is 0 Å². The maximum atomic E-state index is 11.5. The lowest BCUT2D eigenvalue weighted by molar-refractivity contribution is -0.151. The predicted octanol–water partition coefficient (Wildman–Crippen LogP) is 0.702. The van der Waals surface area contributed by atoms with Crippen LogP contribution < -0.4 is 0 Å². The fourth-order valence-electron chi connectivity index (χ4n) is 1.84. The summed E-state index contributed by atoms with van der Waals surface area (Å²) >= 11 is 0. The fraction of sp³-hybridized carbons (Fsp3) is 0.714. The first-order valence-electron chi connectivity index (χ1n) is 6.83. The molecule has 2 N–H and O–H groups in total. The minimum absolute atomic E-state index is 0.0613. The molecule has 0 saturated heterocycles. The van der Waals surface area contributed by atoms with Crippen molar-refractivity contribution < 1.29 is 29.3 Å². The number of esters is 2. The van der Waals surface area contributed by atoms with Crippen LogP contribution in [0.1, 0.15) is 39.5 Å². The van der Waals surface area contributed by atoms with Crippen molar-refractivity contribution in [3.8, 4) is 0 Å². The molecule has 0 aliphatic carbocycles. The minimum Gasteiger partial charge on any atom is -0.463 e. The number of aliphatic hydroxyl groups is 2. The molecule has 6 nitrogen and oxygen atoms in total. The molecule has 6 heteroatoms. The maximum absolute atomic E-state index is 11.5. The number of cyclic esters (lactones) is 2. The SMILES string of the molecule is C[C@@H]1CC[C@@H](O)/C=C/C(=O)O[C@H](C)[C@H](O)CCC(=O)O1. The van der Waals surface area contributed by atoms with E-state index >= 15 is 0 Å². The second-order valence-corrected chi connectivity index (χ2v) is 5.05. The third-order valence-electron chi connectivity index (χ3n) is 3.14. The Morgan fingerprint density at radius 3 is 2.50 bits per heavy atom. The monoisotopic (exact) mass is 286 g/mol. The Labute approximate surface area is 118 Å². The van der Waals surface area contributed by atoms with E-state index in [9.17, 15) is 19.8 Å². The number of ether oxygens (including phenoxy) is 2. The lowest BCUT2D eigenvalue weighted by Gasteiger charge is -2.20. The number of carbonyl (C=O) groups is 2. The molecule has 0 amide bonds. The van der Waals surface area contributed by atoms with E-state index in [1.165, 1.54) is 6.08 Å². The van der Waals surface area contributed by atoms with Crippen molar-refractivity contribution in [2.24, 2.45) is 0 Å². The summed E-state index contributed by atoms with van der Waals surface area (Å²) in [5, 5.41) is 19.4. The smallest absolute Gasteiger partial charge is 0.330 e. The van der Waals surface area contributed by atoms with Gasteiger partial charge in [-0.3, -0.25) is 4.79 Å². The molecule has 114 valence electrons. The number of carbonyl (C=O) groups excluding carboxylic acids is 2. The molecule has 1 heterocycles. The summed E-state index contributed by atoms with van der Waals surface area (Å²) in [6.45, 7) is 3.29. The molecule has 0 aromatic carbocycles. The van der Waals surface area contributed by atoms with Crippen molar-refractivity contribution in [2.75, 3.05) is 0 Å². The van der Waals surface area contributed by atoms with E-state index in [0.717, 1.165) is 6.08 Å². The van der Waals surface area contributed by atoms with Gasteiger partial charge < -0.3 is 19.7 Å². The average molecular weight is 286 g/mol. The molecule has 0 bridgehead atoms. The first kappa shape index (κ1) is 16.7. The van der Waals surface area contributed by atoms with Crippen molar-refractivity contribution in [1.29, 1.82) is 0 Å². The van der Waals surface area contributed by atoms with Crippen LogP contribution in [0, 0.1) is 0 Å². The molecule has 1 rings (SSSR count). The molecular weight excluding hydrogens is 264 g/mol. The first-order chi connectivity index (χ1) is 9.38. The van der Waals surface area contributed by atoms with Crippen LogP contribution in [0.25, 0.3) is 0 Å². The highest BCUT2D eigenvalue weighted by Gasteiger charge is 2.20. The van der Waals surface area contributed by atoms with E-state index in [4.69, 9.17) is 9.47 Å². The Bertz CT molecular complexity index is 365. The van der Waals surface area contributed by atoms with Gasteiger partial charge in [-0.05, 0) is 39.2 Å². The third kappa shape index (κ3) is 6.16. The van der Waals surface area contributed by atoms with E-state index in [0.29, 0.717) is 12.8 Å². The van der Waals surface area contributed by atoms with Gasteiger partial charge in [0.1, 0.15) is 6.10 Å². The van der Waals surface area contributed by atoms with Crippen LogP contribution in [0.15, 0.2) is 12.2 Å². The zero-order valence-corrected chi connectivity index (χ0v) is 11.8. The van der Waals surface area contributed by atoms with Gasteiger partial charge in [-0.2, -0.15) is 0 Å². The molecule has 0 saturated carbocycles. The minimum atomic E-state index is -0.928. The molecule has 4 atom stereocenters. The Morgan fingerprint density at radius 1 is 1.10 bits per heavy atom. The zero-order valence-electron chi connectivity index (χ0n) is 11.8. The van der Waals surface area contributed by atoms with Crippen molar-refractivity contribution >= 4 is 11.9 Å². The molecule has 0 radical (unpaired) electrons. The van der Waals surface area contributed by atoms with E-state index in [2.05, 4.69) is 0 Å². The Morgan fingerprint density at radius 2 is 1.80 bits per heavy atom. The van der Waals surface area contributed by atoms with E-state index in [1.807, 2.05) is 0 Å². The van der Waals surface area contributed by atoms with Gasteiger partial charge in [0.05, 0.1) is 18.3 Å². The standard InChI is InChI=1S/C14H22O6/c1-9-3-4-11(15)5-7-14(18)20-10(2)12(16)6-8-13(17)19-9/h5,7,9-12,15-16H,3-4,6,8H2,1-2H3/b7-5+/t9-,10-,11-,12-/m1/s1. The van der Waals surface area contributed by atoms with Crippen LogP contribution >= 0.6 is 0 Å². The van der Waals surface area contributed by atoms with Crippen LogP contribution in [0.3, 0.4) is 0 Å². The highest BCUT2D eigenvalue weighted by Crippen LogP contribution is 2.12. The van der Waals surface area contributed by atoms with Crippen LogP contribution in [-0.4, -0.2) is 46.6 Å². The number of aliphatic hydroxyl groups excluding tert-OH is 2. The molecule has 0 aromatic rings. The topological polar surface area (TPSA) is 93.1 Å². The normalized spacial score (nSPS) is 35.6. The second kappa shape index (κ2) is 8.01. The summed E-state index contributed by atoms with van der Waals surface area (Å²) in [6.07, 6.45) is 0.833. The molecule has 20 heavy (non-hydrogen) atoms. The quantitative estimate of drug-likeness (QED) is 0.637. The largest absolute Gasteiger partial charge is 0.463 e. The predicted molar refractivity (Wildman–Crippen MR) is 70.7 cm³/mol. The summed E-state index contributed by atoms with van der Waals surface area (Å²) < 4.78 is 10.1. The van der Waals surface area contributed by atoms with E-state index < -0.39 is 30.3 Å². The van der Waals surface area contributed by atoms with Crippen LogP contribution in [0.2, 0.25) is 0 Å². The van der Waals surface area contributed by atoms with Crippen LogP contribution in [0.5, 0.6) is 0 Å². The van der Waals surface area contributed by atoms with Crippen LogP contribution in [-0.2, 0) is 19.1 Å². The summed E-state index contributed by atoms with van der Waals surface area (Å²) in [5.41, 5.74) is 0. The summed E-state index contributed by atoms with van der Waals surface area (Å²) in [6, 6.07) is 0. The average Bonchev–Trinajstić information content (AvgIpc) is 2.39. The summed E-state index contributed by atoms with van der Waals surface area (Å²) in [5.74, 6) is -1.03. The van der Waals surface area contributed by atoms with Crippen molar-refractivity contribution in [2.45, 2.75) is 63.9 Å². The lowest BCUT2D eigenvalue weighted by atomic mass is 10.1. The van der Waals surface area contributed by atoms with Gasteiger partial charge in [-0.1, -0.05) is 0 Å². The van der Waals surface area contributed by atoms with Crippen LogP contribution in [0.4, 0.5) is 0 Å². The number of hydrogen-bond donors (Lipinski definition) is 2. The number of hydrogen-bond acceptors (Lipinski definition) is 6. The Balaban J connectivity index is 2.71. The number of rotatable bonds is 0.